The zero-order chi connectivity index (χ0) is 9.90. The Morgan fingerprint density at radius 1 is 1.46 bits per heavy atom. The molecule has 0 bridgehead atoms. The van der Waals surface area contributed by atoms with Crippen LogP contribution >= 0.6 is 0 Å². The van der Waals surface area contributed by atoms with Crippen LogP contribution in [0.5, 0.6) is 0 Å². The van der Waals surface area contributed by atoms with Crippen molar-refractivity contribution in [3.8, 4) is 0 Å². The zero-order valence-electron chi connectivity index (χ0n) is 7.56. The zero-order valence-corrected chi connectivity index (χ0v) is 7.56. The molecule has 1 rings (SSSR count). The summed E-state index contributed by atoms with van der Waals surface area (Å²) in [7, 11) is 0. The van der Waals surface area contributed by atoms with E-state index in [4.69, 9.17) is 4.74 Å². The molecule has 1 aliphatic rings. The number of rotatable bonds is 1. The topological polar surface area (TPSA) is 29.5 Å². The highest BCUT2D eigenvalue weighted by atomic mass is 19.3. The predicted octanol–water partition coefficient (Wildman–Crippen LogP) is 1.87. The number of hydrogen-bond acceptors (Lipinski definition) is 2. The molecule has 0 radical (unpaired) electrons. The highest BCUT2D eigenvalue weighted by Gasteiger charge is 2.35. The molecule has 0 aromatic carbocycles. The summed E-state index contributed by atoms with van der Waals surface area (Å²) in [4.78, 5) is 12.4. The largest absolute Gasteiger partial charge is 0.450 e. The van der Waals surface area contributed by atoms with Crippen molar-refractivity contribution in [2.45, 2.75) is 25.7 Å². The summed E-state index contributed by atoms with van der Waals surface area (Å²) in [5, 5.41) is 0. The average Bonchev–Trinajstić information content (AvgIpc) is 2.04. The molecule has 0 aromatic rings. The van der Waals surface area contributed by atoms with Crippen LogP contribution in [0.15, 0.2) is 0 Å². The number of ether oxygens (including phenoxy) is 1. The molecule has 0 aliphatic carbocycles. The number of carbonyl (C=O) groups excluding carboxylic acids is 1. The maximum atomic E-state index is 12.6. The molecule has 0 unspecified atom stereocenters. The molecule has 1 fully saturated rings. The molecule has 0 saturated carbocycles. The lowest BCUT2D eigenvalue weighted by Gasteiger charge is -2.30. The Hall–Kier alpha value is -0.870. The summed E-state index contributed by atoms with van der Waals surface area (Å²) >= 11 is 0. The van der Waals surface area contributed by atoms with E-state index < -0.39 is 12.0 Å². The SMILES string of the molecule is CCOC(=O)N1CCC(F)(F)CC1. The van der Waals surface area contributed by atoms with Gasteiger partial charge < -0.3 is 9.64 Å². The van der Waals surface area contributed by atoms with Gasteiger partial charge in [-0.3, -0.25) is 0 Å². The van der Waals surface area contributed by atoms with Crippen molar-refractivity contribution in [1.29, 1.82) is 0 Å². The number of alkyl halides is 2. The summed E-state index contributed by atoms with van der Waals surface area (Å²) in [6.45, 7) is 2.15. The van der Waals surface area contributed by atoms with Gasteiger partial charge in [0.05, 0.1) is 6.61 Å². The van der Waals surface area contributed by atoms with E-state index in [0.29, 0.717) is 0 Å². The van der Waals surface area contributed by atoms with Crippen LogP contribution in [0.1, 0.15) is 19.8 Å². The van der Waals surface area contributed by atoms with Crippen LogP contribution < -0.4 is 0 Å². The molecular weight excluding hydrogens is 180 g/mol. The molecule has 3 nitrogen and oxygen atoms in total. The minimum atomic E-state index is -2.61. The summed E-state index contributed by atoms with van der Waals surface area (Å²) in [6, 6.07) is 0. The number of nitrogens with zero attached hydrogens (tertiary/aromatic N) is 1. The van der Waals surface area contributed by atoms with E-state index in [0.717, 1.165) is 0 Å². The van der Waals surface area contributed by atoms with Gasteiger partial charge >= 0.3 is 6.09 Å². The second kappa shape index (κ2) is 3.89. The molecule has 0 N–H and O–H groups in total. The van der Waals surface area contributed by atoms with E-state index in [1.165, 1.54) is 4.90 Å². The van der Waals surface area contributed by atoms with E-state index >= 15 is 0 Å². The third-order valence-corrected chi connectivity index (χ3v) is 2.02. The Morgan fingerprint density at radius 2 is 2.00 bits per heavy atom. The van der Waals surface area contributed by atoms with Crippen molar-refractivity contribution in [3.63, 3.8) is 0 Å². The van der Waals surface area contributed by atoms with Crippen molar-refractivity contribution in [3.05, 3.63) is 0 Å². The van der Waals surface area contributed by atoms with Crippen LogP contribution in [0.2, 0.25) is 0 Å². The second-order valence-corrected chi connectivity index (χ2v) is 3.04. The Labute approximate surface area is 75.7 Å². The molecule has 1 amide bonds. The Morgan fingerprint density at radius 3 is 2.46 bits per heavy atom. The van der Waals surface area contributed by atoms with Crippen LogP contribution in [-0.2, 0) is 4.74 Å². The smallest absolute Gasteiger partial charge is 0.409 e. The molecule has 76 valence electrons. The summed E-state index contributed by atoms with van der Waals surface area (Å²) < 4.78 is 30.0. The van der Waals surface area contributed by atoms with Crippen molar-refractivity contribution in [1.82, 2.24) is 4.90 Å². The number of likely N-dealkylation sites (tertiary alicyclic amines) is 1. The standard InChI is InChI=1S/C8H13F2NO2/c1-2-13-7(12)11-5-3-8(9,10)4-6-11/h2-6H2,1H3. The Bertz CT molecular complexity index is 187. The molecule has 0 atom stereocenters. The van der Waals surface area contributed by atoms with Gasteiger partial charge in [-0.1, -0.05) is 0 Å². The number of amides is 1. The van der Waals surface area contributed by atoms with E-state index in [-0.39, 0.29) is 32.5 Å². The number of halogens is 2. The third kappa shape index (κ3) is 2.82. The van der Waals surface area contributed by atoms with Crippen LogP contribution in [0.25, 0.3) is 0 Å². The second-order valence-electron chi connectivity index (χ2n) is 3.04. The van der Waals surface area contributed by atoms with Gasteiger partial charge in [0.2, 0.25) is 0 Å². The first kappa shape index (κ1) is 10.2. The minimum Gasteiger partial charge on any atom is -0.450 e. The number of piperidine rings is 1. The van der Waals surface area contributed by atoms with Crippen molar-refractivity contribution >= 4 is 6.09 Å². The fraction of sp³-hybridized carbons (Fsp3) is 0.875. The Kier molecular flexibility index (Phi) is 3.06. The van der Waals surface area contributed by atoms with Crippen LogP contribution in [-0.4, -0.2) is 36.6 Å². The van der Waals surface area contributed by atoms with Crippen molar-refractivity contribution in [2.24, 2.45) is 0 Å². The monoisotopic (exact) mass is 193 g/mol. The fourth-order valence-corrected chi connectivity index (χ4v) is 1.23. The first-order chi connectivity index (χ1) is 6.05. The minimum absolute atomic E-state index is 0.0891. The fourth-order valence-electron chi connectivity index (χ4n) is 1.23. The van der Waals surface area contributed by atoms with Crippen LogP contribution in [0, 0.1) is 0 Å². The highest BCUT2D eigenvalue weighted by Crippen LogP contribution is 2.27. The Balaban J connectivity index is 2.36. The van der Waals surface area contributed by atoms with Gasteiger partial charge in [-0.15, -0.1) is 0 Å². The lowest BCUT2D eigenvalue weighted by Crippen LogP contribution is -2.42. The van der Waals surface area contributed by atoms with Gasteiger partial charge in [-0.25, -0.2) is 13.6 Å². The molecular formula is C8H13F2NO2. The molecule has 13 heavy (non-hydrogen) atoms. The molecule has 1 aliphatic heterocycles. The molecule has 0 aromatic heterocycles. The van der Waals surface area contributed by atoms with Crippen molar-refractivity contribution < 1.29 is 18.3 Å². The number of carbonyl (C=O) groups is 1. The predicted molar refractivity (Wildman–Crippen MR) is 42.8 cm³/mol. The van der Waals surface area contributed by atoms with Gasteiger partial charge in [-0.2, -0.15) is 0 Å². The lowest BCUT2D eigenvalue weighted by molar-refractivity contribution is -0.0522. The van der Waals surface area contributed by atoms with Crippen molar-refractivity contribution in [2.75, 3.05) is 19.7 Å². The molecule has 1 heterocycles. The summed E-state index contributed by atoms with van der Waals surface area (Å²) in [6.07, 6.45) is -1.00. The maximum absolute atomic E-state index is 12.6. The van der Waals surface area contributed by atoms with Crippen LogP contribution in [0.4, 0.5) is 13.6 Å². The van der Waals surface area contributed by atoms with E-state index in [9.17, 15) is 13.6 Å². The van der Waals surface area contributed by atoms with Gasteiger partial charge in [-0.05, 0) is 6.92 Å². The normalized spacial score (nSPS) is 21.3. The molecule has 5 heteroatoms. The van der Waals surface area contributed by atoms with Gasteiger partial charge in [0.25, 0.3) is 5.92 Å². The number of hydrogen-bond donors (Lipinski definition) is 0. The first-order valence-electron chi connectivity index (χ1n) is 4.35. The lowest BCUT2D eigenvalue weighted by atomic mass is 10.1. The quantitative estimate of drug-likeness (QED) is 0.636. The maximum Gasteiger partial charge on any atom is 0.409 e. The van der Waals surface area contributed by atoms with Crippen LogP contribution in [0.3, 0.4) is 0 Å². The van der Waals surface area contributed by atoms with E-state index in [2.05, 4.69) is 0 Å². The first-order valence-corrected chi connectivity index (χ1v) is 4.35. The van der Waals surface area contributed by atoms with Gasteiger partial charge in [0, 0.05) is 25.9 Å². The highest BCUT2D eigenvalue weighted by molar-refractivity contribution is 5.67. The molecule has 1 saturated heterocycles. The van der Waals surface area contributed by atoms with E-state index in [1.54, 1.807) is 6.92 Å². The summed E-state index contributed by atoms with van der Waals surface area (Å²) in [5.41, 5.74) is 0. The third-order valence-electron chi connectivity index (χ3n) is 2.02. The molecule has 0 spiro atoms. The summed E-state index contributed by atoms with van der Waals surface area (Å²) in [5.74, 6) is -2.61. The van der Waals surface area contributed by atoms with Gasteiger partial charge in [0.1, 0.15) is 0 Å². The van der Waals surface area contributed by atoms with Gasteiger partial charge in [0.15, 0.2) is 0 Å². The average molecular weight is 193 g/mol. The van der Waals surface area contributed by atoms with E-state index in [1.807, 2.05) is 0 Å².